The van der Waals surface area contributed by atoms with Crippen LogP contribution in [-0.2, 0) is 16.1 Å². The number of thioether (sulfide) groups is 1. The predicted molar refractivity (Wildman–Crippen MR) is 165 cm³/mol. The Hall–Kier alpha value is -1.71. The second-order valence-electron chi connectivity index (χ2n) is 12.4. The number of aryl methyl sites for hydroxylation is 1. The third kappa shape index (κ3) is 7.37. The molecule has 1 atom stereocenters. The summed E-state index contributed by atoms with van der Waals surface area (Å²) in [7, 11) is 0. The topological polar surface area (TPSA) is 75.6 Å². The van der Waals surface area contributed by atoms with Crippen LogP contribution in [0.15, 0.2) is 42.5 Å². The van der Waals surface area contributed by atoms with Crippen LogP contribution in [-0.4, -0.2) is 60.5 Å². The summed E-state index contributed by atoms with van der Waals surface area (Å²) >= 11 is 1.57. The van der Waals surface area contributed by atoms with Gasteiger partial charge in [-0.3, -0.25) is 4.79 Å². The van der Waals surface area contributed by atoms with E-state index in [4.69, 9.17) is 4.74 Å². The summed E-state index contributed by atoms with van der Waals surface area (Å²) in [6, 6.07) is 12.9. The van der Waals surface area contributed by atoms with Crippen molar-refractivity contribution in [2.45, 2.75) is 77.4 Å². The second-order valence-corrected chi connectivity index (χ2v) is 13.4. The maximum absolute atomic E-state index is 13.3. The number of aliphatic carboxylic acids is 1. The van der Waals surface area contributed by atoms with Gasteiger partial charge in [0, 0.05) is 12.2 Å². The minimum absolute atomic E-state index is 0. The van der Waals surface area contributed by atoms with Gasteiger partial charge in [0.2, 0.25) is 0 Å². The summed E-state index contributed by atoms with van der Waals surface area (Å²) in [5.41, 5.74) is 4.96. The molecule has 2 aromatic rings. The molecule has 4 saturated carbocycles. The van der Waals surface area contributed by atoms with Gasteiger partial charge < -0.3 is 15.2 Å². The molecule has 4 aliphatic rings. The van der Waals surface area contributed by atoms with Crippen LogP contribution in [0.1, 0.15) is 79.3 Å². The Balaban J connectivity index is 0.00000370. The number of hydrogen-bond donors (Lipinski definition) is 2. The van der Waals surface area contributed by atoms with Crippen molar-refractivity contribution in [1.82, 2.24) is 5.32 Å². The summed E-state index contributed by atoms with van der Waals surface area (Å²) < 4.78 is 6.16. The predicted octanol–water partition coefficient (Wildman–Crippen LogP) is 6.46. The van der Waals surface area contributed by atoms with Crippen molar-refractivity contribution in [3.05, 3.63) is 59.2 Å². The summed E-state index contributed by atoms with van der Waals surface area (Å²) in [6.45, 7) is 3.30. The Kier molecular flexibility index (Phi) is 10.9. The number of carboxylic acids is 1. The Morgan fingerprint density at radius 2 is 1.73 bits per heavy atom. The number of hydrogen-bond acceptors (Lipinski definition) is 4. The number of nitrogens with one attached hydrogen (secondary N) is 1. The first kappa shape index (κ1) is 31.2. The van der Waals surface area contributed by atoms with Crippen LogP contribution in [0.3, 0.4) is 0 Å². The number of amides is 1. The number of carboxylic acid groups (broad SMARTS) is 1. The van der Waals surface area contributed by atoms with Crippen molar-refractivity contribution in [3.63, 3.8) is 0 Å². The molecule has 0 aromatic heterocycles. The minimum atomic E-state index is -1.01. The quantitative estimate of drug-likeness (QED) is 0.218. The molecule has 4 aliphatic carbocycles. The maximum atomic E-state index is 13.3. The zero-order valence-corrected chi connectivity index (χ0v) is 24.2. The van der Waals surface area contributed by atoms with Crippen molar-refractivity contribution >= 4 is 42.5 Å². The first-order valence-electron chi connectivity index (χ1n) is 14.6. The van der Waals surface area contributed by atoms with Crippen LogP contribution in [0.4, 0.5) is 0 Å². The van der Waals surface area contributed by atoms with Crippen molar-refractivity contribution in [1.29, 1.82) is 0 Å². The normalized spacial score (nSPS) is 25.3. The Labute approximate surface area is 255 Å². The van der Waals surface area contributed by atoms with Gasteiger partial charge in [0.15, 0.2) is 0 Å². The summed E-state index contributed by atoms with van der Waals surface area (Å²) in [5, 5.41) is 12.4. The molecule has 0 saturated heterocycles. The molecule has 5 nitrogen and oxygen atoms in total. The molecule has 4 fully saturated rings. The van der Waals surface area contributed by atoms with Gasteiger partial charge in [-0.25, -0.2) is 4.79 Å². The molecule has 2 N–H and O–H groups in total. The second kappa shape index (κ2) is 14.0. The molecular formula is C33H44LiNO4S. The van der Waals surface area contributed by atoms with Crippen molar-refractivity contribution in [2.24, 2.45) is 23.2 Å². The Bertz CT molecular complexity index is 1150. The molecule has 1 amide bonds. The van der Waals surface area contributed by atoms with Gasteiger partial charge in [0.25, 0.3) is 5.91 Å². The third-order valence-corrected chi connectivity index (χ3v) is 10.1. The van der Waals surface area contributed by atoms with E-state index in [1.165, 1.54) is 44.9 Å². The monoisotopic (exact) mass is 557 g/mol. The molecule has 1 unspecified atom stereocenters. The summed E-state index contributed by atoms with van der Waals surface area (Å²) in [4.78, 5) is 25.0. The van der Waals surface area contributed by atoms with E-state index >= 15 is 0 Å². The molecule has 2 aromatic carbocycles. The van der Waals surface area contributed by atoms with E-state index in [1.807, 2.05) is 55.6 Å². The molecule has 0 heterocycles. The number of benzene rings is 2. The van der Waals surface area contributed by atoms with Gasteiger partial charge in [0.1, 0.15) is 6.04 Å². The first-order valence-corrected chi connectivity index (χ1v) is 16.0. The van der Waals surface area contributed by atoms with Crippen LogP contribution in [0.25, 0.3) is 11.1 Å². The first-order chi connectivity index (χ1) is 18.9. The zero-order valence-electron chi connectivity index (χ0n) is 23.4. The van der Waals surface area contributed by atoms with Crippen LogP contribution < -0.4 is 5.32 Å². The van der Waals surface area contributed by atoms with E-state index in [0.717, 1.165) is 53.0 Å². The van der Waals surface area contributed by atoms with Gasteiger partial charge in [-0.15, -0.1) is 0 Å². The number of carbonyl (C=O) groups is 2. The third-order valence-electron chi connectivity index (χ3n) is 9.41. The van der Waals surface area contributed by atoms with Crippen LogP contribution >= 0.6 is 11.8 Å². The van der Waals surface area contributed by atoms with Crippen LogP contribution in [0.5, 0.6) is 0 Å². The summed E-state index contributed by atoms with van der Waals surface area (Å²) in [5.74, 6) is 2.27. The van der Waals surface area contributed by atoms with E-state index in [1.54, 1.807) is 11.8 Å². The van der Waals surface area contributed by atoms with Crippen molar-refractivity contribution in [3.8, 4) is 11.1 Å². The van der Waals surface area contributed by atoms with E-state index in [0.29, 0.717) is 29.8 Å². The molecule has 0 radical (unpaired) electrons. The van der Waals surface area contributed by atoms with Gasteiger partial charge in [-0.2, -0.15) is 11.8 Å². The molecule has 6 rings (SSSR count). The van der Waals surface area contributed by atoms with Crippen LogP contribution in [0.2, 0.25) is 0 Å². The van der Waals surface area contributed by atoms with E-state index in [9.17, 15) is 14.7 Å². The molecule has 40 heavy (non-hydrogen) atoms. The van der Waals surface area contributed by atoms with E-state index < -0.39 is 12.0 Å². The summed E-state index contributed by atoms with van der Waals surface area (Å²) in [6.07, 6.45) is 13.5. The molecule has 7 heteroatoms. The fourth-order valence-corrected chi connectivity index (χ4v) is 8.51. The Morgan fingerprint density at radius 3 is 2.35 bits per heavy atom. The van der Waals surface area contributed by atoms with Gasteiger partial charge >= 0.3 is 24.8 Å². The van der Waals surface area contributed by atoms with E-state index in [-0.39, 0.29) is 24.8 Å². The standard InChI is InChI=1S/C33H43NO4S.Li.H/c1-22-6-3-4-7-27(22)29-17-23(8-9-28(29)31(35)34-30(32(36)37)10-13-39-2)21-38-12-5-11-33-18-24-14-25(19-33)16-26(15-24)20-33;;/h3-4,6-9,17,24-26,30H,5,10-16,18-21H2,1-2H3,(H,34,35)(H,36,37);;. The zero-order chi connectivity index (χ0) is 27.4. The fourth-order valence-electron chi connectivity index (χ4n) is 8.04. The molecule has 4 bridgehead atoms. The van der Waals surface area contributed by atoms with Gasteiger partial charge in [-0.05, 0) is 134 Å². The molecule has 212 valence electrons. The number of ether oxygens (including phenoxy) is 1. The van der Waals surface area contributed by atoms with Crippen LogP contribution in [0, 0.1) is 30.1 Å². The molecule has 0 aliphatic heterocycles. The Morgan fingerprint density at radius 1 is 1.05 bits per heavy atom. The SMILES string of the molecule is CSCCC(NC(=O)c1ccc(COCCCC23CC4CC(CC(C4)C2)C3)cc1-c1ccccc1C)C(=O)O.[LiH]. The van der Waals surface area contributed by atoms with Gasteiger partial charge in [-0.1, -0.05) is 30.3 Å². The average Bonchev–Trinajstić information content (AvgIpc) is 2.90. The van der Waals surface area contributed by atoms with Gasteiger partial charge in [0.05, 0.1) is 6.61 Å². The number of rotatable bonds is 13. The van der Waals surface area contributed by atoms with Crippen molar-refractivity contribution in [2.75, 3.05) is 18.6 Å². The average molecular weight is 558 g/mol. The van der Waals surface area contributed by atoms with E-state index in [2.05, 4.69) is 5.32 Å². The molecular weight excluding hydrogens is 513 g/mol. The molecule has 0 spiro atoms. The van der Waals surface area contributed by atoms with Crippen molar-refractivity contribution < 1.29 is 19.4 Å². The number of carbonyl (C=O) groups excluding carboxylic acids is 1. The fraction of sp³-hybridized carbons (Fsp3) is 0.576.